The van der Waals surface area contributed by atoms with Crippen LogP contribution in [0.2, 0.25) is 0 Å². The van der Waals surface area contributed by atoms with Crippen molar-refractivity contribution < 1.29 is 29.0 Å². The third-order valence-electron chi connectivity index (χ3n) is 6.51. The highest BCUT2D eigenvalue weighted by Gasteiger charge is 2.48. The van der Waals surface area contributed by atoms with E-state index in [1.165, 1.54) is 30.5 Å². The molecule has 5 rings (SSSR count). The zero-order valence-electron chi connectivity index (χ0n) is 20.9. The van der Waals surface area contributed by atoms with Gasteiger partial charge in [-0.3, -0.25) is 14.5 Å². The maximum absolute atomic E-state index is 13.5. The lowest BCUT2D eigenvalue weighted by Crippen LogP contribution is -2.29. The molecule has 1 aromatic heterocycles. The van der Waals surface area contributed by atoms with Crippen LogP contribution in [-0.4, -0.2) is 42.0 Å². The summed E-state index contributed by atoms with van der Waals surface area (Å²) in [5.41, 5.74) is 2.97. The number of ketones is 1. The Bertz CT molecular complexity index is 1590. The molecule has 0 spiro atoms. The van der Waals surface area contributed by atoms with Crippen LogP contribution in [0.5, 0.6) is 5.75 Å². The van der Waals surface area contributed by atoms with Crippen LogP contribution in [0.1, 0.15) is 40.0 Å². The van der Waals surface area contributed by atoms with E-state index in [2.05, 4.69) is 11.9 Å². The maximum atomic E-state index is 13.5. The van der Waals surface area contributed by atoms with Gasteiger partial charge in [0.2, 0.25) is 0 Å². The first-order valence-electron chi connectivity index (χ1n) is 11.9. The van der Waals surface area contributed by atoms with E-state index in [1.807, 2.05) is 18.2 Å². The summed E-state index contributed by atoms with van der Waals surface area (Å²) in [4.78, 5) is 44.8. The van der Waals surface area contributed by atoms with Gasteiger partial charge in [-0.25, -0.2) is 9.78 Å². The molecule has 2 heterocycles. The van der Waals surface area contributed by atoms with Crippen LogP contribution in [0.25, 0.3) is 16.0 Å². The summed E-state index contributed by atoms with van der Waals surface area (Å²) in [6.45, 7) is 2.05. The molecule has 1 aliphatic rings. The summed E-state index contributed by atoms with van der Waals surface area (Å²) in [5.74, 6) is -1.87. The normalized spacial score (nSPS) is 16.7. The second-order valence-electron chi connectivity index (χ2n) is 8.66. The van der Waals surface area contributed by atoms with Crippen LogP contribution < -0.4 is 9.64 Å². The molecule has 0 aliphatic carbocycles. The number of thiazole rings is 1. The van der Waals surface area contributed by atoms with Gasteiger partial charge >= 0.3 is 11.9 Å². The number of aryl methyl sites for hydroxylation is 1. The van der Waals surface area contributed by atoms with Crippen molar-refractivity contribution in [3.05, 3.63) is 94.6 Å². The van der Waals surface area contributed by atoms with E-state index in [0.29, 0.717) is 33.1 Å². The Labute approximate surface area is 222 Å². The number of esters is 1. The standard InChI is InChI=1S/C29H24N2O6S/c1-4-16-5-14-21-22(15-16)38-29(30-21)31-24(17-6-8-19(9-7-17)28(35)37-3)23(26(33)27(31)34)25(32)18-10-12-20(36-2)13-11-18/h5-15,24,32H,4H2,1-3H3/b25-23+. The maximum Gasteiger partial charge on any atom is 0.337 e. The van der Waals surface area contributed by atoms with Crippen molar-refractivity contribution >= 4 is 50.1 Å². The van der Waals surface area contributed by atoms with Crippen molar-refractivity contribution in [3.63, 3.8) is 0 Å². The number of aliphatic hydroxyl groups excluding tert-OH is 1. The van der Waals surface area contributed by atoms with Crippen molar-refractivity contribution in [3.8, 4) is 5.75 Å². The third-order valence-corrected chi connectivity index (χ3v) is 7.53. The quantitative estimate of drug-likeness (QED) is 0.157. The van der Waals surface area contributed by atoms with E-state index < -0.39 is 23.7 Å². The van der Waals surface area contributed by atoms with Gasteiger partial charge in [0, 0.05) is 5.56 Å². The Morgan fingerprint density at radius 2 is 1.68 bits per heavy atom. The SMILES string of the molecule is CCc1ccc2nc(N3C(=O)C(=O)/C(=C(/O)c4ccc(OC)cc4)C3c3ccc(C(=O)OC)cc3)sc2c1. The van der Waals surface area contributed by atoms with Crippen molar-refractivity contribution in [2.45, 2.75) is 19.4 Å². The molecule has 4 aromatic rings. The fraction of sp³-hybridized carbons (Fsp3) is 0.172. The zero-order chi connectivity index (χ0) is 27.0. The number of anilines is 1. The van der Waals surface area contributed by atoms with Gasteiger partial charge in [0.25, 0.3) is 5.78 Å². The third kappa shape index (κ3) is 4.31. The molecule has 1 unspecified atom stereocenters. The zero-order valence-corrected chi connectivity index (χ0v) is 21.7. The number of hydrogen-bond donors (Lipinski definition) is 1. The molecular formula is C29H24N2O6S. The monoisotopic (exact) mass is 528 g/mol. The van der Waals surface area contributed by atoms with Crippen LogP contribution in [0, 0.1) is 0 Å². The van der Waals surface area contributed by atoms with E-state index in [0.717, 1.165) is 16.7 Å². The number of carbonyl (C=O) groups is 3. The number of methoxy groups -OCH3 is 2. The molecule has 0 bridgehead atoms. The number of hydrogen-bond acceptors (Lipinski definition) is 8. The van der Waals surface area contributed by atoms with Crippen LogP contribution >= 0.6 is 11.3 Å². The molecule has 3 aromatic carbocycles. The Balaban J connectivity index is 1.68. The molecule has 1 N–H and O–H groups in total. The number of nitrogens with zero attached hydrogens (tertiary/aromatic N) is 2. The summed E-state index contributed by atoms with van der Waals surface area (Å²) < 4.78 is 10.9. The van der Waals surface area contributed by atoms with Gasteiger partial charge < -0.3 is 14.6 Å². The Morgan fingerprint density at radius 3 is 2.32 bits per heavy atom. The highest BCUT2D eigenvalue weighted by atomic mass is 32.1. The Morgan fingerprint density at radius 1 is 1.00 bits per heavy atom. The minimum absolute atomic E-state index is 0.0699. The Hall–Kier alpha value is -4.50. The second kappa shape index (κ2) is 10.1. The molecule has 0 radical (unpaired) electrons. The van der Waals surface area contributed by atoms with E-state index in [-0.39, 0.29) is 11.3 Å². The molecule has 0 saturated carbocycles. The summed E-state index contributed by atoms with van der Waals surface area (Å²) in [6.07, 6.45) is 0.849. The summed E-state index contributed by atoms with van der Waals surface area (Å²) in [7, 11) is 2.82. The predicted molar refractivity (Wildman–Crippen MR) is 145 cm³/mol. The first-order valence-corrected chi connectivity index (χ1v) is 12.7. The topological polar surface area (TPSA) is 106 Å². The lowest BCUT2D eigenvalue weighted by atomic mass is 9.94. The van der Waals surface area contributed by atoms with Crippen molar-refractivity contribution in [2.24, 2.45) is 0 Å². The Kier molecular flexibility index (Phi) is 6.69. The smallest absolute Gasteiger partial charge is 0.337 e. The molecule has 1 atom stereocenters. The molecular weight excluding hydrogens is 504 g/mol. The predicted octanol–water partition coefficient (Wildman–Crippen LogP) is 5.28. The fourth-order valence-electron chi connectivity index (χ4n) is 4.45. The molecule has 8 nitrogen and oxygen atoms in total. The number of aliphatic hydroxyl groups is 1. The summed E-state index contributed by atoms with van der Waals surface area (Å²) in [5, 5.41) is 11.6. The van der Waals surface area contributed by atoms with Gasteiger partial charge in [0.15, 0.2) is 5.13 Å². The number of Topliss-reactive ketones (excluding diaryl/α,β-unsaturated/α-hetero) is 1. The number of carbonyl (C=O) groups excluding carboxylic acids is 3. The van der Waals surface area contributed by atoms with Gasteiger partial charge in [-0.05, 0) is 66.1 Å². The molecule has 1 aliphatic heterocycles. The highest BCUT2D eigenvalue weighted by molar-refractivity contribution is 7.22. The summed E-state index contributed by atoms with van der Waals surface area (Å²) in [6, 6.07) is 17.9. The molecule has 38 heavy (non-hydrogen) atoms. The first kappa shape index (κ1) is 25.2. The minimum Gasteiger partial charge on any atom is -0.507 e. The average Bonchev–Trinajstić information content (AvgIpc) is 3.49. The van der Waals surface area contributed by atoms with Crippen molar-refractivity contribution in [2.75, 3.05) is 19.1 Å². The molecule has 1 amide bonds. The molecule has 1 saturated heterocycles. The fourth-order valence-corrected chi connectivity index (χ4v) is 5.50. The number of amides is 1. The van der Waals surface area contributed by atoms with Crippen LogP contribution in [0.15, 0.2) is 72.3 Å². The first-order chi connectivity index (χ1) is 18.4. The molecule has 1 fully saturated rings. The van der Waals surface area contributed by atoms with Gasteiger partial charge in [-0.15, -0.1) is 0 Å². The van der Waals surface area contributed by atoms with Crippen molar-refractivity contribution in [1.82, 2.24) is 4.98 Å². The highest BCUT2D eigenvalue weighted by Crippen LogP contribution is 2.44. The van der Waals surface area contributed by atoms with Crippen LogP contribution in [0.3, 0.4) is 0 Å². The van der Waals surface area contributed by atoms with Gasteiger partial charge in [0.1, 0.15) is 11.5 Å². The number of fused-ring (bicyclic) bond motifs is 1. The number of ether oxygens (including phenoxy) is 2. The lowest BCUT2D eigenvalue weighted by Gasteiger charge is -2.23. The largest absolute Gasteiger partial charge is 0.507 e. The number of aromatic nitrogens is 1. The van der Waals surface area contributed by atoms with Crippen molar-refractivity contribution in [1.29, 1.82) is 0 Å². The van der Waals surface area contributed by atoms with Gasteiger partial charge in [-0.1, -0.05) is 36.5 Å². The van der Waals surface area contributed by atoms with Crippen LogP contribution in [-0.2, 0) is 20.7 Å². The van der Waals surface area contributed by atoms with Crippen LogP contribution in [0.4, 0.5) is 5.13 Å². The molecule has 9 heteroatoms. The number of rotatable bonds is 6. The van der Waals surface area contributed by atoms with E-state index in [9.17, 15) is 19.5 Å². The second-order valence-corrected chi connectivity index (χ2v) is 9.67. The van der Waals surface area contributed by atoms with E-state index in [1.54, 1.807) is 48.5 Å². The van der Waals surface area contributed by atoms with Gasteiger partial charge in [0.05, 0.1) is 41.6 Å². The van der Waals surface area contributed by atoms with E-state index in [4.69, 9.17) is 9.47 Å². The lowest BCUT2D eigenvalue weighted by molar-refractivity contribution is -0.132. The molecule has 192 valence electrons. The summed E-state index contributed by atoms with van der Waals surface area (Å²) >= 11 is 1.30. The minimum atomic E-state index is -0.963. The van der Waals surface area contributed by atoms with E-state index >= 15 is 0 Å². The average molecular weight is 529 g/mol. The van der Waals surface area contributed by atoms with Gasteiger partial charge in [-0.2, -0.15) is 0 Å². The number of benzene rings is 3.